The van der Waals surface area contributed by atoms with Gasteiger partial charge < -0.3 is 20.1 Å². The molecule has 0 aromatic rings. The minimum absolute atomic E-state index is 0. The molecule has 8 heteroatoms. The van der Waals surface area contributed by atoms with Gasteiger partial charge in [0.15, 0.2) is 0 Å². The van der Waals surface area contributed by atoms with Gasteiger partial charge in [0.25, 0.3) is 0 Å². The Balaban J connectivity index is 0. The van der Waals surface area contributed by atoms with Crippen molar-refractivity contribution in [1.29, 1.82) is 0 Å². The van der Waals surface area contributed by atoms with E-state index in [1.807, 2.05) is 0 Å². The number of carbonyl (C=O) groups excluding carboxylic acids is 3. The van der Waals surface area contributed by atoms with Crippen LogP contribution in [-0.4, -0.2) is 51.7 Å². The van der Waals surface area contributed by atoms with Gasteiger partial charge in [0.2, 0.25) is 5.91 Å². The van der Waals surface area contributed by atoms with Crippen LogP contribution in [-0.2, 0) is 23.9 Å². The van der Waals surface area contributed by atoms with Crippen LogP contribution in [0.2, 0.25) is 0 Å². The summed E-state index contributed by atoms with van der Waals surface area (Å²) in [6.45, 7) is 2.18. The molecule has 2 unspecified atom stereocenters. The average Bonchev–Trinajstić information content (AvgIpc) is 2.36. The number of hydrogen-bond donors (Lipinski definition) is 2. The number of carbonyl (C=O) groups is 3. The molecule has 0 aromatic carbocycles. The summed E-state index contributed by atoms with van der Waals surface area (Å²) in [5.74, 6) is -1.92. The first-order chi connectivity index (χ1) is 8.46. The Bertz CT molecular complexity index is 311. The third-order valence-corrected chi connectivity index (χ3v) is 2.36. The number of esters is 2. The number of nitrogens with one attached hydrogen (secondary N) is 2. The molecule has 2 N–H and O–H groups in total. The van der Waals surface area contributed by atoms with Crippen LogP contribution < -0.4 is 10.6 Å². The molecule has 0 rings (SSSR count). The lowest BCUT2D eigenvalue weighted by Crippen LogP contribution is -2.46. The number of amides is 1. The number of ether oxygens (including phenoxy) is 2. The molecule has 0 aliphatic heterocycles. The van der Waals surface area contributed by atoms with Gasteiger partial charge in [-0.3, -0.25) is 9.59 Å². The summed E-state index contributed by atoms with van der Waals surface area (Å²) in [6, 6.07) is -1.02. The van der Waals surface area contributed by atoms with Crippen LogP contribution >= 0.6 is 12.4 Å². The van der Waals surface area contributed by atoms with E-state index in [1.54, 1.807) is 14.0 Å². The van der Waals surface area contributed by atoms with E-state index in [1.165, 1.54) is 14.2 Å². The van der Waals surface area contributed by atoms with Gasteiger partial charge in [0.1, 0.15) is 6.04 Å². The highest BCUT2D eigenvalue weighted by Gasteiger charge is 2.26. The first kappa shape index (κ1) is 20.0. The van der Waals surface area contributed by atoms with Gasteiger partial charge in [-0.2, -0.15) is 0 Å². The van der Waals surface area contributed by atoms with E-state index in [-0.39, 0.29) is 30.7 Å². The quantitative estimate of drug-likeness (QED) is 0.614. The van der Waals surface area contributed by atoms with Crippen LogP contribution in [0.5, 0.6) is 0 Å². The summed E-state index contributed by atoms with van der Waals surface area (Å²) < 4.78 is 8.98. The minimum Gasteiger partial charge on any atom is -0.469 e. The first-order valence-electron chi connectivity index (χ1n) is 5.55. The van der Waals surface area contributed by atoms with Crippen LogP contribution in [0.4, 0.5) is 0 Å². The first-order valence-corrected chi connectivity index (χ1v) is 5.55. The summed E-state index contributed by atoms with van der Waals surface area (Å²) in [5, 5.41) is 5.31. The molecule has 0 fully saturated rings. The molecule has 7 nitrogen and oxygen atoms in total. The molecule has 0 aliphatic carbocycles. The van der Waals surface area contributed by atoms with Gasteiger partial charge in [-0.15, -0.1) is 12.4 Å². The highest BCUT2D eigenvalue weighted by molar-refractivity contribution is 5.88. The molecule has 2 atom stereocenters. The van der Waals surface area contributed by atoms with Crippen LogP contribution in [0.25, 0.3) is 0 Å². The number of rotatable bonds is 7. The summed E-state index contributed by atoms with van der Waals surface area (Å²) in [5.41, 5.74) is 0. The van der Waals surface area contributed by atoms with E-state index in [4.69, 9.17) is 0 Å². The fraction of sp³-hybridized carbons (Fsp3) is 0.727. The van der Waals surface area contributed by atoms with Crippen molar-refractivity contribution in [3.05, 3.63) is 0 Å². The molecule has 0 bridgehead atoms. The highest BCUT2D eigenvalue weighted by Crippen LogP contribution is 2.01. The molecule has 0 saturated heterocycles. The van der Waals surface area contributed by atoms with E-state index in [9.17, 15) is 14.4 Å². The third-order valence-electron chi connectivity index (χ3n) is 2.36. The summed E-state index contributed by atoms with van der Waals surface area (Å²) >= 11 is 0. The Kier molecular flexibility index (Phi) is 11.1. The highest BCUT2D eigenvalue weighted by atomic mass is 35.5. The molecule has 0 aliphatic rings. The molecule has 112 valence electrons. The summed E-state index contributed by atoms with van der Waals surface area (Å²) in [7, 11) is 4.12. The van der Waals surface area contributed by atoms with Crippen molar-refractivity contribution >= 4 is 30.3 Å². The molecule has 1 amide bonds. The van der Waals surface area contributed by atoms with Crippen molar-refractivity contribution in [2.45, 2.75) is 19.4 Å². The van der Waals surface area contributed by atoms with Gasteiger partial charge in [-0.25, -0.2) is 4.79 Å². The predicted molar refractivity (Wildman–Crippen MR) is 70.9 cm³/mol. The second kappa shape index (κ2) is 10.6. The Labute approximate surface area is 118 Å². The van der Waals surface area contributed by atoms with Crippen molar-refractivity contribution < 1.29 is 23.9 Å². The topological polar surface area (TPSA) is 93.7 Å². The molecule has 0 heterocycles. The van der Waals surface area contributed by atoms with Crippen LogP contribution in [0, 0.1) is 5.92 Å². The maximum absolute atomic E-state index is 11.7. The zero-order valence-corrected chi connectivity index (χ0v) is 12.3. The number of methoxy groups -OCH3 is 2. The Morgan fingerprint density at radius 2 is 1.74 bits per heavy atom. The maximum atomic E-state index is 11.7. The zero-order chi connectivity index (χ0) is 14.1. The van der Waals surface area contributed by atoms with Crippen LogP contribution in [0.3, 0.4) is 0 Å². The monoisotopic (exact) mass is 296 g/mol. The second-order valence-corrected chi connectivity index (χ2v) is 3.82. The largest absolute Gasteiger partial charge is 0.469 e. The van der Waals surface area contributed by atoms with Crippen molar-refractivity contribution in [1.82, 2.24) is 10.6 Å². The van der Waals surface area contributed by atoms with Crippen LogP contribution in [0.1, 0.15) is 13.3 Å². The molecule has 0 saturated carbocycles. The molecule has 0 spiro atoms. The van der Waals surface area contributed by atoms with Gasteiger partial charge in [-0.05, 0) is 7.05 Å². The van der Waals surface area contributed by atoms with Crippen molar-refractivity contribution in [2.75, 3.05) is 27.8 Å². The van der Waals surface area contributed by atoms with E-state index >= 15 is 0 Å². The average molecular weight is 297 g/mol. The smallest absolute Gasteiger partial charge is 0.328 e. The normalized spacial score (nSPS) is 12.6. The Hall–Kier alpha value is -1.34. The number of halogens is 1. The van der Waals surface area contributed by atoms with Gasteiger partial charge >= 0.3 is 11.9 Å². The predicted octanol–water partition coefficient (Wildman–Crippen LogP) is -0.515. The second-order valence-electron chi connectivity index (χ2n) is 3.82. The summed E-state index contributed by atoms with van der Waals surface area (Å²) in [6.07, 6.45) is -0.249. The van der Waals surface area contributed by atoms with E-state index in [2.05, 4.69) is 20.1 Å². The molecule has 0 aromatic heterocycles. The fourth-order valence-electron chi connectivity index (χ4n) is 1.30. The lowest BCUT2D eigenvalue weighted by molar-refractivity contribution is -0.151. The standard InChI is InChI=1S/C11H20N2O5.ClH/c1-7(6-12-2)10(15)13-8(11(16)18-4)5-9(14)17-3;/h7-8,12H,5-6H2,1-4H3,(H,13,15);1H. The van der Waals surface area contributed by atoms with Crippen molar-refractivity contribution in [3.63, 3.8) is 0 Å². The maximum Gasteiger partial charge on any atom is 0.328 e. The van der Waals surface area contributed by atoms with Crippen molar-refractivity contribution in [3.8, 4) is 0 Å². The lowest BCUT2D eigenvalue weighted by Gasteiger charge is -2.18. The van der Waals surface area contributed by atoms with Gasteiger partial charge in [-0.1, -0.05) is 6.92 Å². The lowest BCUT2D eigenvalue weighted by atomic mass is 10.1. The SMILES string of the molecule is CNCC(C)C(=O)NC(CC(=O)OC)C(=O)OC.Cl. The number of hydrogen-bond acceptors (Lipinski definition) is 6. The minimum atomic E-state index is -1.02. The Morgan fingerprint density at radius 3 is 2.16 bits per heavy atom. The zero-order valence-electron chi connectivity index (χ0n) is 11.5. The van der Waals surface area contributed by atoms with Crippen molar-refractivity contribution in [2.24, 2.45) is 5.92 Å². The van der Waals surface area contributed by atoms with E-state index < -0.39 is 18.0 Å². The third kappa shape index (κ3) is 7.63. The van der Waals surface area contributed by atoms with E-state index in [0.717, 1.165) is 0 Å². The van der Waals surface area contributed by atoms with Gasteiger partial charge in [0, 0.05) is 12.5 Å². The molecular weight excluding hydrogens is 276 g/mol. The van der Waals surface area contributed by atoms with E-state index in [0.29, 0.717) is 6.54 Å². The molecular formula is C11H21ClN2O5. The fourth-order valence-corrected chi connectivity index (χ4v) is 1.30. The Morgan fingerprint density at radius 1 is 1.16 bits per heavy atom. The summed E-state index contributed by atoms with van der Waals surface area (Å²) in [4.78, 5) is 34.3. The molecule has 19 heavy (non-hydrogen) atoms. The molecule has 0 radical (unpaired) electrons. The van der Waals surface area contributed by atoms with Gasteiger partial charge in [0.05, 0.1) is 20.6 Å². The van der Waals surface area contributed by atoms with Crippen LogP contribution in [0.15, 0.2) is 0 Å².